The molecule has 1 N–H and O–H groups in total. The zero-order valence-electron chi connectivity index (χ0n) is 9.54. The summed E-state index contributed by atoms with van der Waals surface area (Å²) in [6.45, 7) is 7.82. The summed E-state index contributed by atoms with van der Waals surface area (Å²) in [4.78, 5) is 10.5. The molecular weight excluding hydrogens is 218 g/mol. The van der Waals surface area contributed by atoms with E-state index >= 15 is 0 Å². The van der Waals surface area contributed by atoms with Crippen LogP contribution in [0.4, 0.5) is 0 Å². The third-order valence-corrected chi connectivity index (χ3v) is 2.22. The second kappa shape index (κ2) is 6.42. The van der Waals surface area contributed by atoms with Gasteiger partial charge in [0.2, 0.25) is 0 Å². The van der Waals surface area contributed by atoms with E-state index < -0.39 is 5.97 Å². The summed E-state index contributed by atoms with van der Waals surface area (Å²) in [5.41, 5.74) is 1.74. The number of nitrogens with zero attached hydrogens (tertiary/aromatic N) is 3. The number of aromatic nitrogens is 3. The number of hydrogen-bond donors (Lipinski definition) is 1. The van der Waals surface area contributed by atoms with Crippen LogP contribution in [-0.2, 0) is 17.8 Å². The molecule has 0 unspecified atom stereocenters. The van der Waals surface area contributed by atoms with Crippen molar-refractivity contribution in [2.75, 3.05) is 0 Å². The Kier molecular flexibility index (Phi) is 4.87. The third kappa shape index (κ3) is 4.06. The number of aryl methyl sites for hydroxylation is 1. The Morgan fingerprint density at radius 1 is 1.53 bits per heavy atom. The van der Waals surface area contributed by atoms with Gasteiger partial charge in [0.05, 0.1) is 24.9 Å². The van der Waals surface area contributed by atoms with Gasteiger partial charge in [-0.2, -0.15) is 0 Å². The number of aliphatic carboxylic acids is 1. The summed E-state index contributed by atoms with van der Waals surface area (Å²) in [6, 6.07) is 0. The van der Waals surface area contributed by atoms with Crippen molar-refractivity contribution >= 4 is 5.97 Å². The number of carboxylic acid groups (broad SMARTS) is 1. The number of carbonyl (C=O) groups is 1. The Labute approximate surface area is 99.8 Å². The maximum atomic E-state index is 10.5. The van der Waals surface area contributed by atoms with Gasteiger partial charge in [0.15, 0.2) is 0 Å². The van der Waals surface area contributed by atoms with Gasteiger partial charge in [-0.25, -0.2) is 4.68 Å². The summed E-state index contributed by atoms with van der Waals surface area (Å²) in [5.74, 6) is -0.830. The van der Waals surface area contributed by atoms with Crippen LogP contribution in [0.15, 0.2) is 43.2 Å². The largest absolute Gasteiger partial charge is 0.481 e. The second-order valence-corrected chi connectivity index (χ2v) is 3.46. The van der Waals surface area contributed by atoms with Gasteiger partial charge in [-0.1, -0.05) is 36.6 Å². The van der Waals surface area contributed by atoms with Crippen LogP contribution in [0.1, 0.15) is 12.1 Å². The molecule has 1 aromatic heterocycles. The van der Waals surface area contributed by atoms with Crippen LogP contribution < -0.4 is 0 Å². The zero-order valence-corrected chi connectivity index (χ0v) is 9.54. The van der Waals surface area contributed by atoms with Crippen LogP contribution in [-0.4, -0.2) is 26.1 Å². The summed E-state index contributed by atoms with van der Waals surface area (Å²) < 4.78 is 1.67. The molecule has 1 aromatic rings. The van der Waals surface area contributed by atoms with Crippen LogP contribution in [0, 0.1) is 0 Å². The molecule has 0 fully saturated rings. The van der Waals surface area contributed by atoms with Gasteiger partial charge in [-0.3, -0.25) is 4.79 Å². The summed E-state index contributed by atoms with van der Waals surface area (Å²) in [6.07, 6.45) is 7.28. The minimum absolute atomic E-state index is 0.0714. The van der Waals surface area contributed by atoms with Gasteiger partial charge in [0.1, 0.15) is 0 Å². The molecule has 17 heavy (non-hydrogen) atoms. The fourth-order valence-electron chi connectivity index (χ4n) is 1.35. The molecule has 0 saturated heterocycles. The van der Waals surface area contributed by atoms with Crippen molar-refractivity contribution in [3.8, 4) is 0 Å². The summed E-state index contributed by atoms with van der Waals surface area (Å²) in [7, 11) is 0. The number of hydrogen-bond acceptors (Lipinski definition) is 3. The van der Waals surface area contributed by atoms with E-state index in [9.17, 15) is 4.79 Å². The van der Waals surface area contributed by atoms with Crippen LogP contribution in [0.3, 0.4) is 0 Å². The van der Waals surface area contributed by atoms with Crippen molar-refractivity contribution in [2.45, 2.75) is 19.4 Å². The normalized spacial score (nSPS) is 11.2. The first-order chi connectivity index (χ1) is 8.17. The topological polar surface area (TPSA) is 68.0 Å². The molecule has 0 bridgehead atoms. The molecule has 5 heteroatoms. The Hall–Kier alpha value is -2.17. The zero-order chi connectivity index (χ0) is 12.7. The van der Waals surface area contributed by atoms with Gasteiger partial charge < -0.3 is 5.11 Å². The standard InChI is InChI=1S/C12H15N3O2/c1-3-5-10(4-2)9-15-11(8-13-14-15)6-7-12(16)17/h3-5,8H,1-2,6-7,9H2,(H,16,17)/b10-5+. The van der Waals surface area contributed by atoms with Gasteiger partial charge in [0.25, 0.3) is 0 Å². The molecule has 5 nitrogen and oxygen atoms in total. The lowest BCUT2D eigenvalue weighted by atomic mass is 10.2. The molecule has 0 amide bonds. The number of allylic oxidation sites excluding steroid dienone is 4. The average Bonchev–Trinajstić information content (AvgIpc) is 2.73. The minimum Gasteiger partial charge on any atom is -0.481 e. The second-order valence-electron chi connectivity index (χ2n) is 3.46. The lowest BCUT2D eigenvalue weighted by Gasteiger charge is -2.05. The fourth-order valence-corrected chi connectivity index (χ4v) is 1.35. The van der Waals surface area contributed by atoms with Gasteiger partial charge in [-0.15, -0.1) is 5.10 Å². The minimum atomic E-state index is -0.830. The molecule has 0 atom stereocenters. The molecule has 0 saturated carbocycles. The van der Waals surface area contributed by atoms with Gasteiger partial charge in [0, 0.05) is 6.42 Å². The molecule has 0 aliphatic heterocycles. The molecule has 0 aliphatic rings. The Bertz CT molecular complexity index is 446. The van der Waals surface area contributed by atoms with Crippen LogP contribution >= 0.6 is 0 Å². The summed E-state index contributed by atoms with van der Waals surface area (Å²) in [5, 5.41) is 16.3. The molecule has 0 aromatic carbocycles. The highest BCUT2D eigenvalue weighted by Crippen LogP contribution is 2.06. The van der Waals surface area contributed by atoms with E-state index in [4.69, 9.17) is 5.11 Å². The maximum absolute atomic E-state index is 10.5. The first-order valence-electron chi connectivity index (χ1n) is 5.20. The molecule has 90 valence electrons. The van der Waals surface area contributed by atoms with E-state index in [0.29, 0.717) is 13.0 Å². The Morgan fingerprint density at radius 3 is 2.88 bits per heavy atom. The first kappa shape index (κ1) is 12.9. The highest BCUT2D eigenvalue weighted by molar-refractivity contribution is 5.66. The van der Waals surface area contributed by atoms with Crippen molar-refractivity contribution < 1.29 is 9.90 Å². The number of rotatable bonds is 7. The highest BCUT2D eigenvalue weighted by Gasteiger charge is 2.06. The third-order valence-electron chi connectivity index (χ3n) is 2.22. The van der Waals surface area contributed by atoms with E-state index in [1.165, 1.54) is 0 Å². The molecule has 0 aliphatic carbocycles. The van der Waals surface area contributed by atoms with Crippen molar-refractivity contribution in [1.29, 1.82) is 0 Å². The van der Waals surface area contributed by atoms with E-state index in [0.717, 1.165) is 11.3 Å². The SMILES string of the molecule is C=C/C=C(\C=C)Cn1nncc1CCC(=O)O. The monoisotopic (exact) mass is 233 g/mol. The first-order valence-corrected chi connectivity index (χ1v) is 5.20. The van der Waals surface area contributed by atoms with Gasteiger partial charge in [-0.05, 0) is 5.57 Å². The molecule has 0 spiro atoms. The molecule has 1 heterocycles. The van der Waals surface area contributed by atoms with Crippen molar-refractivity contribution in [2.24, 2.45) is 0 Å². The summed E-state index contributed by atoms with van der Waals surface area (Å²) >= 11 is 0. The van der Waals surface area contributed by atoms with Gasteiger partial charge >= 0.3 is 5.97 Å². The predicted molar refractivity (Wildman–Crippen MR) is 64.5 cm³/mol. The van der Waals surface area contributed by atoms with E-state index in [1.54, 1.807) is 23.0 Å². The van der Waals surface area contributed by atoms with Crippen LogP contribution in [0.5, 0.6) is 0 Å². The maximum Gasteiger partial charge on any atom is 0.303 e. The lowest BCUT2D eigenvalue weighted by molar-refractivity contribution is -0.136. The van der Waals surface area contributed by atoms with Crippen molar-refractivity contribution in [3.05, 3.63) is 48.8 Å². The molecule has 1 rings (SSSR count). The van der Waals surface area contributed by atoms with Crippen molar-refractivity contribution in [1.82, 2.24) is 15.0 Å². The Morgan fingerprint density at radius 2 is 2.29 bits per heavy atom. The Balaban J connectivity index is 2.74. The predicted octanol–water partition coefficient (Wildman–Crippen LogP) is 1.59. The highest BCUT2D eigenvalue weighted by atomic mass is 16.4. The molecule has 0 radical (unpaired) electrons. The van der Waals surface area contributed by atoms with E-state index in [2.05, 4.69) is 23.5 Å². The van der Waals surface area contributed by atoms with Crippen molar-refractivity contribution in [3.63, 3.8) is 0 Å². The lowest BCUT2D eigenvalue weighted by Crippen LogP contribution is -2.08. The number of carboxylic acids is 1. The fraction of sp³-hybridized carbons (Fsp3) is 0.250. The smallest absolute Gasteiger partial charge is 0.303 e. The average molecular weight is 233 g/mol. The van der Waals surface area contributed by atoms with Crippen LogP contribution in [0.2, 0.25) is 0 Å². The van der Waals surface area contributed by atoms with E-state index in [-0.39, 0.29) is 6.42 Å². The van der Waals surface area contributed by atoms with E-state index in [1.807, 2.05) is 6.08 Å². The van der Waals surface area contributed by atoms with Crippen LogP contribution in [0.25, 0.3) is 0 Å². The quantitative estimate of drug-likeness (QED) is 0.726. The molecular formula is C12H15N3O2.